The molecule has 1 aromatic carbocycles. The predicted octanol–water partition coefficient (Wildman–Crippen LogP) is 3.12. The molecular weight excluding hydrogens is 334 g/mol. The standard InChI is InChI=1S/C20H23NO5/c1-3-7-15-9-10-16(17(14-15)25-2)26-20(24)8-5-4-6-13-21-18(22)11-12-19(21)23/h3,7,9-12,14H,4-6,8,13H2,1-2H3. The van der Waals surface area contributed by atoms with Crippen LogP contribution in [0.4, 0.5) is 0 Å². The molecule has 26 heavy (non-hydrogen) atoms. The largest absolute Gasteiger partial charge is 0.493 e. The molecule has 0 atom stereocenters. The van der Waals surface area contributed by atoms with Crippen molar-refractivity contribution in [3.05, 3.63) is 42.0 Å². The lowest BCUT2D eigenvalue weighted by atomic mass is 10.1. The van der Waals surface area contributed by atoms with Crippen LogP contribution in [-0.4, -0.2) is 36.3 Å². The molecule has 2 amide bonds. The lowest BCUT2D eigenvalue weighted by Crippen LogP contribution is -2.30. The molecule has 0 aromatic heterocycles. The van der Waals surface area contributed by atoms with Crippen LogP contribution in [0.15, 0.2) is 36.4 Å². The van der Waals surface area contributed by atoms with Crippen LogP contribution in [0.3, 0.4) is 0 Å². The van der Waals surface area contributed by atoms with Crippen LogP contribution >= 0.6 is 0 Å². The van der Waals surface area contributed by atoms with Gasteiger partial charge < -0.3 is 9.47 Å². The van der Waals surface area contributed by atoms with Gasteiger partial charge in [0.25, 0.3) is 11.8 Å². The molecule has 0 saturated heterocycles. The summed E-state index contributed by atoms with van der Waals surface area (Å²) in [5, 5.41) is 0. The SMILES string of the molecule is CC=Cc1ccc(OC(=O)CCCCCN2C(=O)C=CC2=O)c(OC)c1. The second-order valence-corrected chi connectivity index (χ2v) is 5.86. The fourth-order valence-electron chi connectivity index (χ4n) is 2.61. The summed E-state index contributed by atoms with van der Waals surface area (Å²) in [6.45, 7) is 2.30. The number of unbranched alkanes of at least 4 members (excludes halogenated alkanes) is 2. The molecule has 0 unspecified atom stereocenters. The Morgan fingerprint density at radius 3 is 2.46 bits per heavy atom. The zero-order chi connectivity index (χ0) is 18.9. The van der Waals surface area contributed by atoms with Crippen molar-refractivity contribution >= 4 is 23.9 Å². The fourth-order valence-corrected chi connectivity index (χ4v) is 2.61. The minimum atomic E-state index is -0.336. The summed E-state index contributed by atoms with van der Waals surface area (Å²) < 4.78 is 10.6. The number of esters is 1. The molecule has 2 rings (SSSR count). The molecule has 0 N–H and O–H groups in total. The van der Waals surface area contributed by atoms with Gasteiger partial charge in [-0.3, -0.25) is 19.3 Å². The predicted molar refractivity (Wildman–Crippen MR) is 97.7 cm³/mol. The highest BCUT2D eigenvalue weighted by Crippen LogP contribution is 2.29. The van der Waals surface area contributed by atoms with Crippen LogP contribution in [0.2, 0.25) is 0 Å². The lowest BCUT2D eigenvalue weighted by molar-refractivity contribution is -0.137. The van der Waals surface area contributed by atoms with Crippen molar-refractivity contribution in [2.75, 3.05) is 13.7 Å². The number of benzene rings is 1. The van der Waals surface area contributed by atoms with Crippen molar-refractivity contribution in [3.63, 3.8) is 0 Å². The minimum absolute atomic E-state index is 0.264. The third-order valence-corrected chi connectivity index (χ3v) is 3.93. The van der Waals surface area contributed by atoms with E-state index >= 15 is 0 Å². The summed E-state index contributed by atoms with van der Waals surface area (Å²) in [4.78, 5) is 36.0. The molecule has 0 spiro atoms. The fraction of sp³-hybridized carbons (Fsp3) is 0.350. The molecule has 0 saturated carbocycles. The molecule has 1 heterocycles. The number of nitrogens with zero attached hydrogens (tertiary/aromatic N) is 1. The summed E-state index contributed by atoms with van der Waals surface area (Å²) in [5.41, 5.74) is 0.963. The molecule has 0 bridgehead atoms. The normalized spacial score (nSPS) is 13.7. The summed E-state index contributed by atoms with van der Waals surface area (Å²) in [5.74, 6) is 0.0143. The van der Waals surface area contributed by atoms with Crippen molar-refractivity contribution in [3.8, 4) is 11.5 Å². The number of amides is 2. The van der Waals surface area contributed by atoms with E-state index in [1.165, 1.54) is 24.2 Å². The highest BCUT2D eigenvalue weighted by atomic mass is 16.6. The Morgan fingerprint density at radius 2 is 1.81 bits per heavy atom. The maximum absolute atomic E-state index is 12.0. The Bertz CT molecular complexity index is 718. The van der Waals surface area contributed by atoms with Crippen LogP contribution in [-0.2, 0) is 14.4 Å². The third kappa shape index (κ3) is 5.31. The molecule has 1 aromatic rings. The van der Waals surface area contributed by atoms with Gasteiger partial charge in [-0.25, -0.2) is 0 Å². The highest BCUT2D eigenvalue weighted by Gasteiger charge is 2.22. The quantitative estimate of drug-likeness (QED) is 0.294. The van der Waals surface area contributed by atoms with E-state index in [9.17, 15) is 14.4 Å². The first kappa shape index (κ1) is 19.4. The number of carbonyl (C=O) groups excluding carboxylic acids is 3. The number of imide groups is 1. The van der Waals surface area contributed by atoms with E-state index in [-0.39, 0.29) is 24.2 Å². The second kappa shape index (κ2) is 9.56. The van der Waals surface area contributed by atoms with Gasteiger partial charge in [0.15, 0.2) is 11.5 Å². The molecule has 1 aliphatic heterocycles. The Morgan fingerprint density at radius 1 is 1.08 bits per heavy atom. The third-order valence-electron chi connectivity index (χ3n) is 3.93. The van der Waals surface area contributed by atoms with Crippen molar-refractivity contribution in [2.24, 2.45) is 0 Å². The first-order valence-electron chi connectivity index (χ1n) is 8.60. The zero-order valence-electron chi connectivity index (χ0n) is 15.1. The van der Waals surface area contributed by atoms with Gasteiger partial charge in [0.1, 0.15) is 0 Å². The maximum atomic E-state index is 12.0. The number of rotatable bonds is 9. The Hall–Kier alpha value is -2.89. The second-order valence-electron chi connectivity index (χ2n) is 5.86. The molecule has 0 aliphatic carbocycles. The van der Waals surface area contributed by atoms with Crippen LogP contribution < -0.4 is 9.47 Å². The van der Waals surface area contributed by atoms with Crippen LogP contribution in [0, 0.1) is 0 Å². The van der Waals surface area contributed by atoms with Crippen LogP contribution in [0.5, 0.6) is 11.5 Å². The number of carbonyl (C=O) groups is 3. The zero-order valence-corrected chi connectivity index (χ0v) is 15.1. The summed E-state index contributed by atoms with van der Waals surface area (Å²) in [6.07, 6.45) is 8.67. The molecule has 0 fully saturated rings. The van der Waals surface area contributed by atoms with Crippen molar-refractivity contribution in [2.45, 2.75) is 32.6 Å². The van der Waals surface area contributed by atoms with E-state index in [4.69, 9.17) is 9.47 Å². The van der Waals surface area contributed by atoms with Gasteiger partial charge >= 0.3 is 5.97 Å². The molecular formula is C20H23NO5. The maximum Gasteiger partial charge on any atom is 0.311 e. The average Bonchev–Trinajstić information content (AvgIpc) is 2.94. The van der Waals surface area contributed by atoms with Gasteiger partial charge in [0.2, 0.25) is 0 Å². The van der Waals surface area contributed by atoms with Crippen molar-refractivity contribution < 1.29 is 23.9 Å². The monoisotopic (exact) mass is 357 g/mol. The van der Waals surface area contributed by atoms with E-state index in [1.54, 1.807) is 12.1 Å². The van der Waals surface area contributed by atoms with E-state index in [2.05, 4.69) is 0 Å². The van der Waals surface area contributed by atoms with E-state index in [1.807, 2.05) is 25.1 Å². The number of hydrogen-bond acceptors (Lipinski definition) is 5. The van der Waals surface area contributed by atoms with Gasteiger partial charge in [-0.2, -0.15) is 0 Å². The van der Waals surface area contributed by atoms with Gasteiger partial charge in [-0.15, -0.1) is 0 Å². The van der Waals surface area contributed by atoms with Crippen molar-refractivity contribution in [1.82, 2.24) is 4.90 Å². The average molecular weight is 357 g/mol. The highest BCUT2D eigenvalue weighted by molar-refractivity contribution is 6.12. The van der Waals surface area contributed by atoms with E-state index < -0.39 is 0 Å². The lowest BCUT2D eigenvalue weighted by Gasteiger charge is -2.13. The Labute approximate surface area is 153 Å². The Balaban J connectivity index is 1.73. The molecule has 0 radical (unpaired) electrons. The Kier molecular flexibility index (Phi) is 7.14. The number of hydrogen-bond donors (Lipinski definition) is 0. The molecule has 6 heteroatoms. The molecule has 1 aliphatic rings. The molecule has 138 valence electrons. The minimum Gasteiger partial charge on any atom is -0.493 e. The summed E-state index contributed by atoms with van der Waals surface area (Å²) in [6, 6.07) is 5.37. The number of allylic oxidation sites excluding steroid dienone is 1. The van der Waals surface area contributed by atoms with Gasteiger partial charge in [0, 0.05) is 25.1 Å². The van der Waals surface area contributed by atoms with Crippen LogP contribution in [0.1, 0.15) is 38.2 Å². The smallest absolute Gasteiger partial charge is 0.311 e. The molecule has 6 nitrogen and oxygen atoms in total. The van der Waals surface area contributed by atoms with Gasteiger partial charge in [-0.05, 0) is 37.5 Å². The topological polar surface area (TPSA) is 72.9 Å². The summed E-state index contributed by atoms with van der Waals surface area (Å²) in [7, 11) is 1.53. The summed E-state index contributed by atoms with van der Waals surface area (Å²) >= 11 is 0. The number of ether oxygens (including phenoxy) is 2. The number of methoxy groups -OCH3 is 1. The van der Waals surface area contributed by atoms with E-state index in [0.717, 1.165) is 12.0 Å². The first-order chi connectivity index (χ1) is 12.5. The first-order valence-corrected chi connectivity index (χ1v) is 8.60. The van der Waals surface area contributed by atoms with E-state index in [0.29, 0.717) is 30.9 Å². The van der Waals surface area contributed by atoms with Crippen molar-refractivity contribution in [1.29, 1.82) is 0 Å². The van der Waals surface area contributed by atoms with Gasteiger partial charge in [-0.1, -0.05) is 24.6 Å². The van der Waals surface area contributed by atoms with Gasteiger partial charge in [0.05, 0.1) is 7.11 Å². The van der Waals surface area contributed by atoms with Crippen LogP contribution in [0.25, 0.3) is 6.08 Å².